The number of carbonyl (C=O) groups is 2. The van der Waals surface area contributed by atoms with Gasteiger partial charge in [0, 0.05) is 39.5 Å². The monoisotopic (exact) mass is 344 g/mol. The molecule has 1 heterocycles. The molecular formula is C19H28N4O2. The normalized spacial score (nSPS) is 16.8. The van der Waals surface area contributed by atoms with E-state index in [-0.39, 0.29) is 11.8 Å². The fourth-order valence-electron chi connectivity index (χ4n) is 2.90. The molecule has 0 radical (unpaired) electrons. The third kappa shape index (κ3) is 5.59. The molecule has 25 heavy (non-hydrogen) atoms. The number of hydrogen-bond acceptors (Lipinski definition) is 3. The van der Waals surface area contributed by atoms with Crippen LogP contribution in [0.15, 0.2) is 29.3 Å². The second-order valence-corrected chi connectivity index (χ2v) is 6.49. The Bertz CT molecular complexity index is 626. The van der Waals surface area contributed by atoms with Crippen LogP contribution in [0.4, 0.5) is 0 Å². The number of guanidine groups is 1. The third-order valence-corrected chi connectivity index (χ3v) is 4.42. The number of aliphatic imine (C=N–C) groups is 1. The Labute approximate surface area is 149 Å². The lowest BCUT2D eigenvalue weighted by molar-refractivity contribution is -0.147. The van der Waals surface area contributed by atoms with Crippen molar-refractivity contribution in [3.05, 3.63) is 35.4 Å². The van der Waals surface area contributed by atoms with Crippen molar-refractivity contribution in [1.29, 1.82) is 0 Å². The van der Waals surface area contributed by atoms with Crippen LogP contribution in [0.1, 0.15) is 43.2 Å². The summed E-state index contributed by atoms with van der Waals surface area (Å²) in [7, 11) is 1.71. The molecule has 1 aromatic rings. The van der Waals surface area contributed by atoms with Gasteiger partial charge >= 0.3 is 0 Å². The first-order chi connectivity index (χ1) is 12.0. The molecule has 1 atom stereocenters. The lowest BCUT2D eigenvalue weighted by Crippen LogP contribution is -2.46. The molecule has 1 saturated heterocycles. The molecule has 0 saturated carbocycles. The van der Waals surface area contributed by atoms with Crippen LogP contribution in [0.25, 0.3) is 0 Å². The Hall–Kier alpha value is -2.37. The van der Waals surface area contributed by atoms with Crippen molar-refractivity contribution in [2.24, 2.45) is 4.99 Å². The lowest BCUT2D eigenvalue weighted by Gasteiger charge is -2.25. The van der Waals surface area contributed by atoms with Gasteiger partial charge in [-0.2, -0.15) is 0 Å². The highest BCUT2D eigenvalue weighted by molar-refractivity contribution is 5.97. The van der Waals surface area contributed by atoms with Crippen LogP contribution >= 0.6 is 0 Å². The van der Waals surface area contributed by atoms with Gasteiger partial charge in [-0.1, -0.05) is 36.8 Å². The van der Waals surface area contributed by atoms with Crippen molar-refractivity contribution in [3.8, 4) is 0 Å². The second kappa shape index (κ2) is 9.20. The van der Waals surface area contributed by atoms with E-state index in [2.05, 4.69) is 53.7 Å². The van der Waals surface area contributed by atoms with E-state index in [1.165, 1.54) is 16.0 Å². The van der Waals surface area contributed by atoms with E-state index in [0.717, 1.165) is 6.54 Å². The molecule has 0 aliphatic carbocycles. The molecule has 1 aliphatic rings. The lowest BCUT2D eigenvalue weighted by atomic mass is 9.99. The summed E-state index contributed by atoms with van der Waals surface area (Å²) >= 11 is 0. The number of piperidine rings is 1. The number of likely N-dealkylation sites (tertiary alicyclic amines) is 1. The number of amides is 2. The number of rotatable bonds is 6. The smallest absolute Gasteiger partial charge is 0.229 e. The van der Waals surface area contributed by atoms with Gasteiger partial charge in [0.1, 0.15) is 0 Å². The molecule has 2 N–H and O–H groups in total. The largest absolute Gasteiger partial charge is 0.356 e. The zero-order valence-corrected chi connectivity index (χ0v) is 15.3. The minimum Gasteiger partial charge on any atom is -0.356 e. The van der Waals surface area contributed by atoms with E-state index in [1.54, 1.807) is 7.05 Å². The van der Waals surface area contributed by atoms with Gasteiger partial charge in [0.25, 0.3) is 0 Å². The fourth-order valence-corrected chi connectivity index (χ4v) is 2.90. The van der Waals surface area contributed by atoms with Gasteiger partial charge in [0.15, 0.2) is 5.96 Å². The number of hydrogen-bond donors (Lipinski definition) is 2. The minimum absolute atomic E-state index is 0.0749. The standard InChI is InChI=1S/C19H28N4O2/c1-14-6-4-7-16(12-14)15(2)13-22-19(20-3)21-10-11-23-17(24)8-5-9-18(23)25/h4,6-7,12,15H,5,8-11,13H2,1-3H3,(H2,20,21,22). The van der Waals surface area contributed by atoms with Gasteiger partial charge in [0.2, 0.25) is 11.8 Å². The second-order valence-electron chi connectivity index (χ2n) is 6.49. The summed E-state index contributed by atoms with van der Waals surface area (Å²) in [6.07, 6.45) is 1.60. The van der Waals surface area contributed by atoms with Crippen molar-refractivity contribution in [2.75, 3.05) is 26.7 Å². The van der Waals surface area contributed by atoms with Crippen LogP contribution in [0.2, 0.25) is 0 Å². The number of nitrogens with zero attached hydrogens (tertiary/aromatic N) is 2. The Kier molecular flexibility index (Phi) is 6.98. The highest BCUT2D eigenvalue weighted by atomic mass is 16.2. The Morgan fingerprint density at radius 1 is 1.24 bits per heavy atom. The Morgan fingerprint density at radius 3 is 2.60 bits per heavy atom. The quantitative estimate of drug-likeness (QED) is 0.469. The molecule has 1 fully saturated rings. The van der Waals surface area contributed by atoms with Crippen molar-refractivity contribution in [2.45, 2.75) is 39.0 Å². The van der Waals surface area contributed by atoms with E-state index in [4.69, 9.17) is 0 Å². The van der Waals surface area contributed by atoms with Crippen molar-refractivity contribution >= 4 is 17.8 Å². The molecule has 0 spiro atoms. The number of carbonyl (C=O) groups excluding carboxylic acids is 2. The first-order valence-electron chi connectivity index (χ1n) is 8.85. The highest BCUT2D eigenvalue weighted by Crippen LogP contribution is 2.15. The van der Waals surface area contributed by atoms with Crippen molar-refractivity contribution in [1.82, 2.24) is 15.5 Å². The average Bonchev–Trinajstić information content (AvgIpc) is 2.60. The molecule has 6 nitrogen and oxygen atoms in total. The van der Waals surface area contributed by atoms with Crippen LogP contribution in [-0.2, 0) is 9.59 Å². The molecule has 6 heteroatoms. The van der Waals surface area contributed by atoms with Gasteiger partial charge in [0.05, 0.1) is 0 Å². The van der Waals surface area contributed by atoms with Crippen LogP contribution in [0.3, 0.4) is 0 Å². The topological polar surface area (TPSA) is 73.8 Å². The Balaban J connectivity index is 1.77. The van der Waals surface area contributed by atoms with Crippen LogP contribution in [-0.4, -0.2) is 49.4 Å². The average molecular weight is 344 g/mol. The number of imide groups is 1. The maximum Gasteiger partial charge on any atom is 0.229 e. The van der Waals surface area contributed by atoms with E-state index < -0.39 is 0 Å². The van der Waals surface area contributed by atoms with Gasteiger partial charge in [-0.25, -0.2) is 0 Å². The highest BCUT2D eigenvalue weighted by Gasteiger charge is 2.25. The van der Waals surface area contributed by atoms with Crippen LogP contribution in [0, 0.1) is 6.92 Å². The predicted octanol–water partition coefficient (Wildman–Crippen LogP) is 1.80. The summed E-state index contributed by atoms with van der Waals surface area (Å²) in [5.74, 6) is 0.878. The molecule has 0 bridgehead atoms. The molecule has 1 unspecified atom stereocenters. The van der Waals surface area contributed by atoms with Gasteiger partial charge < -0.3 is 10.6 Å². The number of aryl methyl sites for hydroxylation is 1. The van der Waals surface area contributed by atoms with E-state index in [9.17, 15) is 9.59 Å². The molecule has 2 amide bonds. The SMILES string of the molecule is CN=C(NCCN1C(=O)CCCC1=O)NCC(C)c1cccc(C)c1. The van der Waals surface area contributed by atoms with E-state index >= 15 is 0 Å². The first kappa shape index (κ1) is 19.0. The first-order valence-corrected chi connectivity index (χ1v) is 8.85. The minimum atomic E-state index is -0.0749. The number of benzene rings is 1. The van der Waals surface area contributed by atoms with Crippen molar-refractivity contribution in [3.63, 3.8) is 0 Å². The maximum atomic E-state index is 11.8. The summed E-state index contributed by atoms with van der Waals surface area (Å²) in [6.45, 7) is 5.89. The molecular weight excluding hydrogens is 316 g/mol. The maximum absolute atomic E-state index is 11.8. The van der Waals surface area contributed by atoms with Crippen LogP contribution in [0.5, 0.6) is 0 Å². The molecule has 136 valence electrons. The molecule has 0 aromatic heterocycles. The summed E-state index contributed by atoms with van der Waals surface area (Å²) in [6, 6.07) is 8.48. The zero-order chi connectivity index (χ0) is 18.2. The summed E-state index contributed by atoms with van der Waals surface area (Å²) in [5.41, 5.74) is 2.54. The van der Waals surface area contributed by atoms with Gasteiger partial charge in [-0.05, 0) is 24.8 Å². The summed E-state index contributed by atoms with van der Waals surface area (Å²) < 4.78 is 0. The summed E-state index contributed by atoms with van der Waals surface area (Å²) in [4.78, 5) is 29.1. The summed E-state index contributed by atoms with van der Waals surface area (Å²) in [5, 5.41) is 6.47. The third-order valence-electron chi connectivity index (χ3n) is 4.42. The van der Waals surface area contributed by atoms with Crippen LogP contribution < -0.4 is 10.6 Å². The number of nitrogens with one attached hydrogen (secondary N) is 2. The van der Waals surface area contributed by atoms with Gasteiger partial charge in [-0.3, -0.25) is 19.5 Å². The fraction of sp³-hybridized carbons (Fsp3) is 0.526. The zero-order valence-electron chi connectivity index (χ0n) is 15.3. The van der Waals surface area contributed by atoms with Gasteiger partial charge in [-0.15, -0.1) is 0 Å². The molecule has 2 rings (SSSR count). The van der Waals surface area contributed by atoms with E-state index in [0.29, 0.717) is 44.2 Å². The Morgan fingerprint density at radius 2 is 1.96 bits per heavy atom. The van der Waals surface area contributed by atoms with Crippen molar-refractivity contribution < 1.29 is 9.59 Å². The molecule has 1 aromatic carbocycles. The van der Waals surface area contributed by atoms with E-state index in [1.807, 2.05) is 0 Å². The predicted molar refractivity (Wildman–Crippen MR) is 99.5 cm³/mol. The molecule has 1 aliphatic heterocycles.